The van der Waals surface area contributed by atoms with Crippen LogP contribution in [0.2, 0.25) is 0 Å². The molecular weight excluding hydrogens is 430 g/mol. The average molecular weight is 459 g/mol. The lowest BCUT2D eigenvalue weighted by Crippen LogP contribution is -2.50. The van der Waals surface area contributed by atoms with Gasteiger partial charge in [-0.15, -0.1) is 0 Å². The van der Waals surface area contributed by atoms with E-state index in [1.54, 1.807) is 0 Å². The molecule has 32 heavy (non-hydrogen) atoms. The van der Waals surface area contributed by atoms with Gasteiger partial charge in [0.1, 0.15) is 11.6 Å². The van der Waals surface area contributed by atoms with Crippen molar-refractivity contribution in [1.29, 1.82) is 0 Å². The van der Waals surface area contributed by atoms with Crippen molar-refractivity contribution in [2.24, 2.45) is 28.2 Å². The molecule has 2 aromatic rings. The largest absolute Gasteiger partial charge is 0.376 e. The van der Waals surface area contributed by atoms with Gasteiger partial charge in [0.15, 0.2) is 4.80 Å². The molecule has 4 saturated carbocycles. The maximum absolute atomic E-state index is 14.5. The fourth-order valence-corrected chi connectivity index (χ4v) is 8.02. The number of rotatable bonds is 4. The Morgan fingerprint density at radius 1 is 1.16 bits per heavy atom. The van der Waals surface area contributed by atoms with E-state index in [1.165, 1.54) is 42.7 Å². The summed E-state index contributed by atoms with van der Waals surface area (Å²) in [6.07, 6.45) is 10.6. The van der Waals surface area contributed by atoms with Crippen molar-refractivity contribution in [3.05, 3.63) is 40.8 Å². The fourth-order valence-electron chi connectivity index (χ4n) is 7.00. The van der Waals surface area contributed by atoms with E-state index in [4.69, 9.17) is 4.74 Å². The van der Waals surface area contributed by atoms with Crippen LogP contribution in [0.4, 0.5) is 8.78 Å². The molecular formula is C25H28F2N2O2S. The first-order valence-electron chi connectivity index (χ1n) is 11.8. The second-order valence-corrected chi connectivity index (χ2v) is 11.4. The summed E-state index contributed by atoms with van der Waals surface area (Å²) in [7, 11) is 0. The molecule has 1 unspecified atom stereocenters. The van der Waals surface area contributed by atoms with E-state index in [-0.39, 0.29) is 17.4 Å². The van der Waals surface area contributed by atoms with Crippen LogP contribution < -0.4 is 4.80 Å². The molecule has 0 spiro atoms. The molecule has 4 nitrogen and oxygen atoms in total. The zero-order chi connectivity index (χ0) is 21.9. The summed E-state index contributed by atoms with van der Waals surface area (Å²) >= 11 is 1.31. The molecule has 5 fully saturated rings. The smallest absolute Gasteiger partial charge is 0.254 e. The predicted molar refractivity (Wildman–Crippen MR) is 118 cm³/mol. The lowest BCUT2D eigenvalue weighted by atomic mass is 9.49. The highest BCUT2D eigenvalue weighted by Crippen LogP contribution is 2.60. The SMILES string of the molecule is O=C(/N=c1\sc(-c2ccc(F)cc2F)cn1CC1CCCO1)C12CC3CC(CC(C3)C1)C2. The standard InChI is InChI=1S/C25H28F2N2O2S/c26-18-3-4-20(21(27)9-18)22-14-29(13-19-2-1-5-31-19)24(32-22)28-23(30)25-10-15-6-16(11-25)8-17(7-15)12-25/h3-4,9,14-17,19H,1-2,5-8,10-13H2/b28-24-. The number of amides is 1. The Kier molecular flexibility index (Phi) is 5.10. The molecule has 7 rings (SSSR count). The summed E-state index contributed by atoms with van der Waals surface area (Å²) in [5.41, 5.74) is 0.0306. The van der Waals surface area contributed by atoms with Crippen LogP contribution in [0.1, 0.15) is 51.4 Å². The van der Waals surface area contributed by atoms with E-state index in [9.17, 15) is 13.6 Å². The van der Waals surface area contributed by atoms with E-state index < -0.39 is 11.6 Å². The number of aromatic nitrogens is 1. The van der Waals surface area contributed by atoms with Crippen LogP contribution in [-0.2, 0) is 16.1 Å². The summed E-state index contributed by atoms with van der Waals surface area (Å²) < 4.78 is 35.7. The lowest BCUT2D eigenvalue weighted by molar-refractivity contribution is -0.142. The third-order valence-electron chi connectivity index (χ3n) is 8.03. The van der Waals surface area contributed by atoms with Gasteiger partial charge in [0, 0.05) is 24.4 Å². The van der Waals surface area contributed by atoms with Gasteiger partial charge in [-0.3, -0.25) is 4.79 Å². The highest BCUT2D eigenvalue weighted by atomic mass is 32.1. The Labute approximate surface area is 190 Å². The number of halogens is 2. The van der Waals surface area contributed by atoms with E-state index in [2.05, 4.69) is 4.99 Å². The second-order valence-electron chi connectivity index (χ2n) is 10.4. The number of ether oxygens (including phenoxy) is 1. The number of carbonyl (C=O) groups is 1. The van der Waals surface area contributed by atoms with Crippen LogP contribution in [0.5, 0.6) is 0 Å². The maximum atomic E-state index is 14.5. The molecule has 4 aliphatic carbocycles. The average Bonchev–Trinajstić information content (AvgIpc) is 3.38. The van der Waals surface area contributed by atoms with Crippen molar-refractivity contribution in [3.63, 3.8) is 0 Å². The molecule has 1 aromatic heterocycles. The van der Waals surface area contributed by atoms with E-state index in [0.717, 1.165) is 44.8 Å². The molecule has 2 heterocycles. The molecule has 1 aliphatic heterocycles. The van der Waals surface area contributed by atoms with Crippen LogP contribution in [0, 0.1) is 34.8 Å². The third-order valence-corrected chi connectivity index (χ3v) is 9.08. The summed E-state index contributed by atoms with van der Waals surface area (Å²) in [5, 5.41) is 0. The molecule has 5 aliphatic rings. The number of benzene rings is 1. The minimum atomic E-state index is -0.602. The first-order valence-corrected chi connectivity index (χ1v) is 12.7. The van der Waals surface area contributed by atoms with E-state index in [1.807, 2.05) is 10.8 Å². The second kappa shape index (κ2) is 7.87. The zero-order valence-electron chi connectivity index (χ0n) is 18.1. The summed E-state index contributed by atoms with van der Waals surface area (Å²) in [4.78, 5) is 19.5. The van der Waals surface area contributed by atoms with Crippen LogP contribution in [0.15, 0.2) is 29.4 Å². The number of hydrogen-bond donors (Lipinski definition) is 0. The summed E-state index contributed by atoms with van der Waals surface area (Å²) in [6, 6.07) is 3.62. The van der Waals surface area contributed by atoms with Crippen molar-refractivity contribution in [2.75, 3.05) is 6.61 Å². The quantitative estimate of drug-likeness (QED) is 0.623. The number of carbonyl (C=O) groups excluding carboxylic acids is 1. The first-order chi connectivity index (χ1) is 15.5. The zero-order valence-corrected chi connectivity index (χ0v) is 18.9. The molecule has 1 saturated heterocycles. The molecule has 170 valence electrons. The maximum Gasteiger partial charge on any atom is 0.254 e. The Balaban J connectivity index is 1.38. The highest BCUT2D eigenvalue weighted by Gasteiger charge is 2.54. The fraction of sp³-hybridized carbons (Fsp3) is 0.600. The van der Waals surface area contributed by atoms with Crippen LogP contribution in [0.25, 0.3) is 10.4 Å². The minimum Gasteiger partial charge on any atom is -0.376 e. The van der Waals surface area contributed by atoms with E-state index in [0.29, 0.717) is 39.5 Å². The first kappa shape index (κ1) is 20.7. The van der Waals surface area contributed by atoms with Gasteiger partial charge in [-0.25, -0.2) is 8.78 Å². The molecule has 4 bridgehead atoms. The Hall–Kier alpha value is -1.86. The van der Waals surface area contributed by atoms with Crippen molar-refractivity contribution < 1.29 is 18.3 Å². The van der Waals surface area contributed by atoms with Gasteiger partial charge in [0.05, 0.1) is 22.9 Å². The molecule has 1 amide bonds. The van der Waals surface area contributed by atoms with Crippen molar-refractivity contribution in [1.82, 2.24) is 4.57 Å². The van der Waals surface area contributed by atoms with Gasteiger partial charge in [0.2, 0.25) is 0 Å². The summed E-state index contributed by atoms with van der Waals surface area (Å²) in [5.74, 6) is 0.821. The predicted octanol–water partition coefficient (Wildman–Crippen LogP) is 5.32. The number of thiazole rings is 1. The lowest BCUT2D eigenvalue weighted by Gasteiger charge is -2.55. The molecule has 7 heteroatoms. The minimum absolute atomic E-state index is 0.00525. The van der Waals surface area contributed by atoms with Gasteiger partial charge in [-0.2, -0.15) is 4.99 Å². The molecule has 1 aromatic carbocycles. The summed E-state index contributed by atoms with van der Waals surface area (Å²) in [6.45, 7) is 1.33. The number of hydrogen-bond acceptors (Lipinski definition) is 3. The molecule has 0 N–H and O–H groups in total. The van der Waals surface area contributed by atoms with Gasteiger partial charge < -0.3 is 9.30 Å². The Bertz CT molecular complexity index is 1080. The van der Waals surface area contributed by atoms with Gasteiger partial charge in [-0.05, 0) is 81.3 Å². The third kappa shape index (κ3) is 3.67. The highest BCUT2D eigenvalue weighted by molar-refractivity contribution is 7.12. The number of nitrogens with zero attached hydrogens (tertiary/aromatic N) is 2. The van der Waals surface area contributed by atoms with Crippen molar-refractivity contribution in [3.8, 4) is 10.4 Å². The molecule has 0 radical (unpaired) electrons. The topological polar surface area (TPSA) is 43.6 Å². The Morgan fingerprint density at radius 3 is 2.50 bits per heavy atom. The Morgan fingerprint density at radius 2 is 1.88 bits per heavy atom. The normalized spacial score (nSPS) is 33.9. The van der Waals surface area contributed by atoms with Gasteiger partial charge in [0.25, 0.3) is 5.91 Å². The van der Waals surface area contributed by atoms with Crippen LogP contribution >= 0.6 is 11.3 Å². The van der Waals surface area contributed by atoms with Gasteiger partial charge in [-0.1, -0.05) is 11.3 Å². The molecule has 1 atom stereocenters. The monoisotopic (exact) mass is 458 g/mol. The van der Waals surface area contributed by atoms with Gasteiger partial charge >= 0.3 is 0 Å². The van der Waals surface area contributed by atoms with E-state index >= 15 is 0 Å². The van der Waals surface area contributed by atoms with Crippen molar-refractivity contribution in [2.45, 2.75) is 64.0 Å². The van der Waals surface area contributed by atoms with Crippen LogP contribution in [-0.4, -0.2) is 23.2 Å². The van der Waals surface area contributed by atoms with Crippen LogP contribution in [0.3, 0.4) is 0 Å². The van der Waals surface area contributed by atoms with Crippen molar-refractivity contribution >= 4 is 17.2 Å².